The van der Waals surface area contributed by atoms with Crippen LogP contribution in [0.5, 0.6) is 11.5 Å². The number of ether oxygens (including phenoxy) is 1. The zero-order chi connectivity index (χ0) is 18.2. The number of esters is 1. The van der Waals surface area contributed by atoms with Gasteiger partial charge in [-0.3, -0.25) is 4.79 Å². The van der Waals surface area contributed by atoms with Gasteiger partial charge in [0.1, 0.15) is 17.5 Å². The van der Waals surface area contributed by atoms with Crippen LogP contribution in [-0.2, 0) is 27.2 Å². The Morgan fingerprint density at radius 2 is 1.48 bits per heavy atom. The maximum Gasteiger partial charge on any atom is 0.328 e. The van der Waals surface area contributed by atoms with Gasteiger partial charge in [0.05, 0.1) is 7.11 Å². The number of aryl methyl sites for hydroxylation is 1. The van der Waals surface area contributed by atoms with Gasteiger partial charge in [-0.2, -0.15) is 0 Å². The molecule has 0 aromatic heterocycles. The summed E-state index contributed by atoms with van der Waals surface area (Å²) in [6.07, 6.45) is 0.991. The fourth-order valence-electron chi connectivity index (χ4n) is 2.39. The highest BCUT2D eigenvalue weighted by atomic mass is 16.5. The van der Waals surface area contributed by atoms with Gasteiger partial charge in [-0.25, -0.2) is 4.79 Å². The number of methoxy groups -OCH3 is 1. The molecule has 0 heterocycles. The first-order valence-corrected chi connectivity index (χ1v) is 7.91. The minimum Gasteiger partial charge on any atom is -0.508 e. The van der Waals surface area contributed by atoms with Crippen LogP contribution < -0.4 is 5.32 Å². The van der Waals surface area contributed by atoms with Crippen molar-refractivity contribution in [2.75, 3.05) is 7.11 Å². The lowest BCUT2D eigenvalue weighted by Crippen LogP contribution is -2.43. The van der Waals surface area contributed by atoms with Crippen LogP contribution in [0.4, 0.5) is 0 Å². The molecule has 0 radical (unpaired) electrons. The van der Waals surface area contributed by atoms with E-state index in [2.05, 4.69) is 5.32 Å². The number of aromatic hydroxyl groups is 2. The van der Waals surface area contributed by atoms with Crippen molar-refractivity contribution in [1.82, 2.24) is 5.32 Å². The smallest absolute Gasteiger partial charge is 0.328 e. The molecule has 0 bridgehead atoms. The highest BCUT2D eigenvalue weighted by Gasteiger charge is 2.21. The molecule has 0 saturated carbocycles. The molecular formula is C19H21NO5. The third-order valence-corrected chi connectivity index (χ3v) is 3.77. The van der Waals surface area contributed by atoms with E-state index in [1.807, 2.05) is 0 Å². The lowest BCUT2D eigenvalue weighted by atomic mass is 10.0. The van der Waals surface area contributed by atoms with Crippen molar-refractivity contribution in [2.45, 2.75) is 25.3 Å². The van der Waals surface area contributed by atoms with Crippen molar-refractivity contribution in [3.8, 4) is 11.5 Å². The molecule has 0 aliphatic rings. The topological polar surface area (TPSA) is 95.9 Å². The summed E-state index contributed by atoms with van der Waals surface area (Å²) in [6, 6.07) is 12.3. The third-order valence-electron chi connectivity index (χ3n) is 3.77. The van der Waals surface area contributed by atoms with Crippen molar-refractivity contribution >= 4 is 11.9 Å². The quantitative estimate of drug-likeness (QED) is 0.668. The Kier molecular flexibility index (Phi) is 6.39. The first-order chi connectivity index (χ1) is 12.0. The number of hydrogen-bond donors (Lipinski definition) is 3. The van der Waals surface area contributed by atoms with Gasteiger partial charge in [-0.15, -0.1) is 0 Å². The van der Waals surface area contributed by atoms with E-state index < -0.39 is 12.0 Å². The Labute approximate surface area is 146 Å². The summed E-state index contributed by atoms with van der Waals surface area (Å²) >= 11 is 0. The van der Waals surface area contributed by atoms with Crippen molar-refractivity contribution in [1.29, 1.82) is 0 Å². The lowest BCUT2D eigenvalue weighted by Gasteiger charge is -2.16. The molecule has 0 spiro atoms. The maximum absolute atomic E-state index is 12.2. The average Bonchev–Trinajstić information content (AvgIpc) is 2.62. The molecule has 2 aromatic rings. The summed E-state index contributed by atoms with van der Waals surface area (Å²) in [5.74, 6) is -0.475. The summed E-state index contributed by atoms with van der Waals surface area (Å²) in [4.78, 5) is 24.1. The van der Waals surface area contributed by atoms with E-state index in [4.69, 9.17) is 4.74 Å². The highest BCUT2D eigenvalue weighted by molar-refractivity contribution is 5.84. The van der Waals surface area contributed by atoms with Gasteiger partial charge >= 0.3 is 5.97 Å². The predicted molar refractivity (Wildman–Crippen MR) is 92.2 cm³/mol. The summed E-state index contributed by atoms with van der Waals surface area (Å²) in [5.41, 5.74) is 1.72. The van der Waals surface area contributed by atoms with Crippen molar-refractivity contribution < 1.29 is 24.5 Å². The molecule has 1 amide bonds. The standard InChI is InChI=1S/C19H21NO5/c1-25-19(24)17(12-14-4-9-16(22)10-5-14)20-18(23)11-6-13-2-7-15(21)8-3-13/h2-5,7-10,17,21-22H,6,11-12H2,1H3,(H,20,23)/t17-/m0/s1. The summed E-state index contributed by atoms with van der Waals surface area (Å²) in [7, 11) is 1.27. The predicted octanol–water partition coefficient (Wildman–Crippen LogP) is 1.93. The SMILES string of the molecule is COC(=O)[C@H](Cc1ccc(O)cc1)NC(=O)CCc1ccc(O)cc1. The number of hydrogen-bond acceptors (Lipinski definition) is 5. The second kappa shape index (κ2) is 8.73. The van der Waals surface area contributed by atoms with Crippen molar-refractivity contribution in [3.05, 3.63) is 59.7 Å². The number of phenolic OH excluding ortho intramolecular Hbond substituents is 2. The first-order valence-electron chi connectivity index (χ1n) is 7.91. The van der Waals surface area contributed by atoms with E-state index in [-0.39, 0.29) is 30.2 Å². The Balaban J connectivity index is 1.93. The molecule has 0 aliphatic carbocycles. The van der Waals surface area contributed by atoms with E-state index in [0.29, 0.717) is 6.42 Å². The fourth-order valence-corrected chi connectivity index (χ4v) is 2.39. The van der Waals surface area contributed by atoms with Gasteiger partial charge in [0.2, 0.25) is 5.91 Å². The largest absolute Gasteiger partial charge is 0.508 e. The van der Waals surface area contributed by atoms with Gasteiger partial charge in [-0.05, 0) is 41.8 Å². The zero-order valence-electron chi connectivity index (χ0n) is 13.9. The number of amides is 1. The molecular weight excluding hydrogens is 322 g/mol. The number of benzene rings is 2. The normalized spacial score (nSPS) is 11.6. The number of carbonyl (C=O) groups excluding carboxylic acids is 2. The molecule has 1 atom stereocenters. The minimum absolute atomic E-state index is 0.135. The van der Waals surface area contributed by atoms with E-state index >= 15 is 0 Å². The second-order valence-corrected chi connectivity index (χ2v) is 5.68. The van der Waals surface area contributed by atoms with Gasteiger partial charge in [0.15, 0.2) is 0 Å². The van der Waals surface area contributed by atoms with Crippen molar-refractivity contribution in [2.24, 2.45) is 0 Å². The van der Waals surface area contributed by atoms with Crippen LogP contribution in [0, 0.1) is 0 Å². The monoisotopic (exact) mass is 343 g/mol. The van der Waals surface area contributed by atoms with Gasteiger partial charge in [0.25, 0.3) is 0 Å². The molecule has 2 aromatic carbocycles. The Morgan fingerprint density at radius 3 is 2.00 bits per heavy atom. The fraction of sp³-hybridized carbons (Fsp3) is 0.263. The Hall–Kier alpha value is -3.02. The van der Waals surface area contributed by atoms with E-state index in [1.54, 1.807) is 36.4 Å². The molecule has 0 fully saturated rings. The summed E-state index contributed by atoms with van der Waals surface area (Å²) < 4.78 is 4.75. The molecule has 0 saturated heterocycles. The van der Waals surface area contributed by atoms with Crippen LogP contribution in [0.15, 0.2) is 48.5 Å². The van der Waals surface area contributed by atoms with Crippen LogP contribution >= 0.6 is 0 Å². The van der Waals surface area contributed by atoms with Gasteiger partial charge in [0, 0.05) is 12.8 Å². The molecule has 0 aliphatic heterocycles. The minimum atomic E-state index is -0.790. The van der Waals surface area contributed by atoms with Gasteiger partial charge in [-0.1, -0.05) is 24.3 Å². The molecule has 6 nitrogen and oxygen atoms in total. The lowest BCUT2D eigenvalue weighted by molar-refractivity contribution is -0.145. The van der Waals surface area contributed by atoms with Gasteiger partial charge < -0.3 is 20.3 Å². The van der Waals surface area contributed by atoms with E-state index in [1.165, 1.54) is 19.2 Å². The van der Waals surface area contributed by atoms with Crippen molar-refractivity contribution in [3.63, 3.8) is 0 Å². The molecule has 3 N–H and O–H groups in total. The van der Waals surface area contributed by atoms with Crippen LogP contribution in [0.2, 0.25) is 0 Å². The summed E-state index contributed by atoms with van der Waals surface area (Å²) in [5, 5.41) is 21.2. The molecule has 0 unspecified atom stereocenters. The van der Waals surface area contributed by atoms with Crippen LogP contribution in [0.3, 0.4) is 0 Å². The van der Waals surface area contributed by atoms with E-state index in [0.717, 1.165) is 11.1 Å². The third kappa shape index (κ3) is 5.84. The first kappa shape index (κ1) is 18.3. The number of nitrogens with one attached hydrogen (secondary N) is 1. The van der Waals surface area contributed by atoms with Crippen LogP contribution in [-0.4, -0.2) is 35.2 Å². The van der Waals surface area contributed by atoms with E-state index in [9.17, 15) is 19.8 Å². The number of phenols is 2. The second-order valence-electron chi connectivity index (χ2n) is 5.68. The van der Waals surface area contributed by atoms with Crippen LogP contribution in [0.25, 0.3) is 0 Å². The summed E-state index contributed by atoms with van der Waals surface area (Å²) in [6.45, 7) is 0. The molecule has 6 heteroatoms. The number of rotatable bonds is 7. The zero-order valence-corrected chi connectivity index (χ0v) is 13.9. The Bertz CT molecular complexity index is 710. The highest BCUT2D eigenvalue weighted by Crippen LogP contribution is 2.13. The number of carbonyl (C=O) groups is 2. The Morgan fingerprint density at radius 1 is 0.960 bits per heavy atom. The maximum atomic E-state index is 12.2. The average molecular weight is 343 g/mol. The molecule has 2 rings (SSSR count). The molecule has 132 valence electrons. The van der Waals surface area contributed by atoms with Crippen LogP contribution in [0.1, 0.15) is 17.5 Å². The molecule has 25 heavy (non-hydrogen) atoms.